The maximum atomic E-state index is 13.1. The van der Waals surface area contributed by atoms with Crippen LogP contribution in [0.5, 0.6) is 23.0 Å². The highest BCUT2D eigenvalue weighted by Gasteiger charge is 2.17. The molecule has 0 fully saturated rings. The summed E-state index contributed by atoms with van der Waals surface area (Å²) in [5.74, 6) is 2.72. The fourth-order valence-electron chi connectivity index (χ4n) is 4.96. The fraction of sp³-hybridized carbons (Fsp3) is 0.312. The number of aromatic nitrogens is 1. The van der Waals surface area contributed by atoms with Crippen LogP contribution in [-0.2, 0) is 19.4 Å². The molecule has 3 aromatic carbocycles. The number of aryl methyl sites for hydroxylation is 1. The number of rotatable bonds is 10. The van der Waals surface area contributed by atoms with Gasteiger partial charge < -0.3 is 34.1 Å². The second kappa shape index (κ2) is 13.0. The topological polar surface area (TPSA) is 85.1 Å². The number of methoxy groups -OCH3 is 2. The lowest BCUT2D eigenvalue weighted by atomic mass is 10.1. The summed E-state index contributed by atoms with van der Waals surface area (Å²) in [7, 11) is 3.25. The Bertz CT molecular complexity index is 1600. The normalized spacial score (nSPS) is 12.2. The van der Waals surface area contributed by atoms with Gasteiger partial charge in [-0.2, -0.15) is 0 Å². The van der Waals surface area contributed by atoms with Crippen molar-refractivity contribution in [3.63, 3.8) is 0 Å². The number of H-pyrrole nitrogens is 1. The van der Waals surface area contributed by atoms with Crippen molar-refractivity contribution in [1.29, 1.82) is 0 Å². The van der Waals surface area contributed by atoms with Gasteiger partial charge in [0.15, 0.2) is 28.1 Å². The number of fused-ring (bicyclic) bond motifs is 2. The van der Waals surface area contributed by atoms with Crippen LogP contribution in [0.2, 0.25) is 0 Å². The van der Waals surface area contributed by atoms with Gasteiger partial charge in [0.25, 0.3) is 5.56 Å². The number of thiocarbonyl (C=S) groups is 1. The molecule has 1 aromatic heterocycles. The molecule has 1 aliphatic heterocycles. The van der Waals surface area contributed by atoms with Gasteiger partial charge in [-0.15, -0.1) is 0 Å². The Labute approximate surface area is 245 Å². The summed E-state index contributed by atoms with van der Waals surface area (Å²) in [6.45, 7) is 4.74. The number of aromatic amines is 1. The van der Waals surface area contributed by atoms with E-state index in [-0.39, 0.29) is 5.56 Å². The molecule has 0 saturated carbocycles. The Morgan fingerprint density at radius 2 is 1.71 bits per heavy atom. The first kappa shape index (κ1) is 28.3. The van der Waals surface area contributed by atoms with E-state index < -0.39 is 0 Å². The lowest BCUT2D eigenvalue weighted by molar-refractivity contribution is 0.172. The SMILES string of the molecule is COc1ccc(CCNC(=S)N(CCc2cccc(C)c2)Cc2cc3cc4c(cc3[nH]c2=O)OCCO4)cc1OC. The highest BCUT2D eigenvalue weighted by Crippen LogP contribution is 2.33. The maximum absolute atomic E-state index is 13.1. The Kier molecular flexibility index (Phi) is 8.94. The van der Waals surface area contributed by atoms with Crippen LogP contribution < -0.4 is 29.8 Å². The molecular formula is C32H35N3O5S. The number of hydrogen-bond donors (Lipinski definition) is 2. The van der Waals surface area contributed by atoms with E-state index in [2.05, 4.69) is 46.4 Å². The molecule has 5 rings (SSSR count). The van der Waals surface area contributed by atoms with Crippen molar-refractivity contribution >= 4 is 28.2 Å². The van der Waals surface area contributed by atoms with E-state index in [1.165, 1.54) is 11.1 Å². The van der Waals surface area contributed by atoms with Crippen LogP contribution >= 0.6 is 12.2 Å². The van der Waals surface area contributed by atoms with E-state index in [4.69, 9.17) is 31.2 Å². The quantitative estimate of drug-likeness (QED) is 0.262. The lowest BCUT2D eigenvalue weighted by Crippen LogP contribution is -2.42. The zero-order valence-electron chi connectivity index (χ0n) is 23.6. The third kappa shape index (κ3) is 6.92. The summed E-state index contributed by atoms with van der Waals surface area (Å²) in [5.41, 5.74) is 4.73. The molecule has 0 bridgehead atoms. The highest BCUT2D eigenvalue weighted by atomic mass is 32.1. The van der Waals surface area contributed by atoms with Crippen LogP contribution in [0.1, 0.15) is 22.3 Å². The van der Waals surface area contributed by atoms with E-state index in [1.807, 2.05) is 36.4 Å². The predicted molar refractivity (Wildman–Crippen MR) is 165 cm³/mol. The molecule has 8 nitrogen and oxygen atoms in total. The van der Waals surface area contributed by atoms with E-state index in [1.54, 1.807) is 14.2 Å². The zero-order valence-corrected chi connectivity index (χ0v) is 24.4. The Balaban J connectivity index is 1.33. The van der Waals surface area contributed by atoms with Gasteiger partial charge in [-0.1, -0.05) is 35.9 Å². The smallest absolute Gasteiger partial charge is 0.253 e. The van der Waals surface area contributed by atoms with Crippen molar-refractivity contribution in [2.24, 2.45) is 0 Å². The minimum absolute atomic E-state index is 0.150. The van der Waals surface area contributed by atoms with Gasteiger partial charge in [-0.25, -0.2) is 0 Å². The lowest BCUT2D eigenvalue weighted by Gasteiger charge is -2.26. The molecule has 9 heteroatoms. The van der Waals surface area contributed by atoms with E-state index >= 15 is 0 Å². The van der Waals surface area contributed by atoms with Crippen molar-refractivity contribution in [3.8, 4) is 23.0 Å². The predicted octanol–water partition coefficient (Wildman–Crippen LogP) is 4.79. The number of benzene rings is 3. The monoisotopic (exact) mass is 573 g/mol. The fourth-order valence-corrected chi connectivity index (χ4v) is 5.21. The van der Waals surface area contributed by atoms with Crippen molar-refractivity contribution in [3.05, 3.63) is 93.3 Å². The molecule has 0 saturated heterocycles. The Morgan fingerprint density at radius 1 is 0.951 bits per heavy atom. The minimum atomic E-state index is -0.150. The molecule has 0 amide bonds. The number of nitrogens with one attached hydrogen (secondary N) is 2. The summed E-state index contributed by atoms with van der Waals surface area (Å²) in [6.07, 6.45) is 1.54. The maximum Gasteiger partial charge on any atom is 0.253 e. The molecule has 0 atom stereocenters. The molecule has 0 radical (unpaired) electrons. The molecule has 0 unspecified atom stereocenters. The van der Waals surface area contributed by atoms with Crippen LogP contribution in [0.3, 0.4) is 0 Å². The third-order valence-electron chi connectivity index (χ3n) is 7.12. The standard InChI is InChI=1S/C32H35N3O5S/c1-21-5-4-6-22(15-21)10-12-35(32(41)33-11-9-23-7-8-27(37-2)28(16-23)38-3)20-25-17-24-18-29-30(40-14-13-39-29)19-26(24)34-31(25)36/h4-8,15-19H,9-14,20H2,1-3H3,(H,33,41)(H,34,36). The van der Waals surface area contributed by atoms with Crippen molar-refractivity contribution in [2.45, 2.75) is 26.3 Å². The molecule has 214 valence electrons. The van der Waals surface area contributed by atoms with Crippen LogP contribution in [0.15, 0.2) is 65.5 Å². The van der Waals surface area contributed by atoms with E-state index in [0.717, 1.165) is 23.8 Å². The van der Waals surface area contributed by atoms with Crippen LogP contribution in [0.4, 0.5) is 0 Å². The molecule has 2 N–H and O–H groups in total. The first-order valence-electron chi connectivity index (χ1n) is 13.7. The Hall–Kier alpha value is -4.24. The number of hydrogen-bond acceptors (Lipinski definition) is 6. The minimum Gasteiger partial charge on any atom is -0.493 e. The van der Waals surface area contributed by atoms with Crippen LogP contribution in [-0.4, -0.2) is 55.5 Å². The summed E-state index contributed by atoms with van der Waals surface area (Å²) < 4.78 is 22.2. The molecule has 41 heavy (non-hydrogen) atoms. The average molecular weight is 574 g/mol. The van der Waals surface area contributed by atoms with Gasteiger partial charge in [0.1, 0.15) is 13.2 Å². The summed E-state index contributed by atoms with van der Waals surface area (Å²) in [6, 6.07) is 20.0. The third-order valence-corrected chi connectivity index (χ3v) is 7.53. The Morgan fingerprint density at radius 3 is 2.46 bits per heavy atom. The van der Waals surface area contributed by atoms with Crippen molar-refractivity contribution in [1.82, 2.24) is 15.2 Å². The molecule has 0 spiro atoms. The van der Waals surface area contributed by atoms with Crippen molar-refractivity contribution < 1.29 is 18.9 Å². The van der Waals surface area contributed by atoms with Gasteiger partial charge in [0.2, 0.25) is 0 Å². The highest BCUT2D eigenvalue weighted by molar-refractivity contribution is 7.80. The molecule has 0 aliphatic carbocycles. The number of pyridine rings is 1. The van der Waals surface area contributed by atoms with E-state index in [0.29, 0.717) is 72.0 Å². The number of nitrogens with zero attached hydrogens (tertiary/aromatic N) is 1. The molecule has 1 aliphatic rings. The second-order valence-corrected chi connectivity index (χ2v) is 10.4. The average Bonchev–Trinajstić information content (AvgIpc) is 2.98. The molecular weight excluding hydrogens is 538 g/mol. The second-order valence-electron chi connectivity index (χ2n) is 10.0. The summed E-state index contributed by atoms with van der Waals surface area (Å²) >= 11 is 5.86. The zero-order chi connectivity index (χ0) is 28.8. The van der Waals surface area contributed by atoms with Crippen LogP contribution in [0, 0.1) is 6.92 Å². The van der Waals surface area contributed by atoms with Gasteiger partial charge >= 0.3 is 0 Å². The van der Waals surface area contributed by atoms with Gasteiger partial charge in [-0.3, -0.25) is 4.79 Å². The summed E-state index contributed by atoms with van der Waals surface area (Å²) in [5, 5.41) is 4.88. The first-order chi connectivity index (χ1) is 19.9. The van der Waals surface area contributed by atoms with Crippen LogP contribution in [0.25, 0.3) is 10.9 Å². The van der Waals surface area contributed by atoms with Gasteiger partial charge in [-0.05, 0) is 67.4 Å². The van der Waals surface area contributed by atoms with Gasteiger partial charge in [0, 0.05) is 30.1 Å². The number of ether oxygens (including phenoxy) is 4. The van der Waals surface area contributed by atoms with E-state index in [9.17, 15) is 4.79 Å². The molecule has 4 aromatic rings. The summed E-state index contributed by atoms with van der Waals surface area (Å²) in [4.78, 5) is 18.2. The largest absolute Gasteiger partial charge is 0.493 e. The van der Waals surface area contributed by atoms with Gasteiger partial charge in [0.05, 0.1) is 26.3 Å². The molecule has 2 heterocycles. The first-order valence-corrected chi connectivity index (χ1v) is 14.1. The van der Waals surface area contributed by atoms with Crippen molar-refractivity contribution in [2.75, 3.05) is 40.5 Å².